The molecule has 0 saturated heterocycles. The summed E-state index contributed by atoms with van der Waals surface area (Å²) in [7, 11) is 0. The number of nitrogens with two attached hydrogens (primary N) is 1. The Hall–Kier alpha value is -2.48. The van der Waals surface area contributed by atoms with Crippen LogP contribution in [-0.4, -0.2) is 28.9 Å². The van der Waals surface area contributed by atoms with Crippen molar-refractivity contribution in [2.24, 2.45) is 5.73 Å². The van der Waals surface area contributed by atoms with Crippen molar-refractivity contribution >= 4 is 29.2 Å². The van der Waals surface area contributed by atoms with Crippen LogP contribution in [0.15, 0.2) is 18.2 Å². The van der Waals surface area contributed by atoms with Crippen LogP contribution < -0.4 is 16.4 Å². The fourth-order valence-corrected chi connectivity index (χ4v) is 1.41. The molecule has 1 atom stereocenters. The van der Waals surface area contributed by atoms with E-state index in [-0.39, 0.29) is 11.6 Å². The zero-order chi connectivity index (χ0) is 15.3. The lowest BCUT2D eigenvalue weighted by atomic mass is 10.2. The summed E-state index contributed by atoms with van der Waals surface area (Å²) in [5.41, 5.74) is 5.45. The molecule has 8 heteroatoms. The maximum atomic E-state index is 13.5. The second-order valence-corrected chi connectivity index (χ2v) is 4.07. The largest absolute Gasteiger partial charge is 0.481 e. The van der Waals surface area contributed by atoms with Crippen molar-refractivity contribution in [2.75, 3.05) is 10.6 Å². The van der Waals surface area contributed by atoms with Crippen LogP contribution >= 0.6 is 0 Å². The summed E-state index contributed by atoms with van der Waals surface area (Å²) in [6.07, 6.45) is -0.571. The van der Waals surface area contributed by atoms with Gasteiger partial charge in [0.15, 0.2) is 0 Å². The van der Waals surface area contributed by atoms with Gasteiger partial charge in [0.2, 0.25) is 11.8 Å². The van der Waals surface area contributed by atoms with Crippen molar-refractivity contribution in [2.45, 2.75) is 19.4 Å². The molecule has 5 N–H and O–H groups in total. The quantitative estimate of drug-likeness (QED) is 0.627. The molecule has 0 aliphatic heterocycles. The smallest absolute Gasteiger partial charge is 0.305 e. The van der Waals surface area contributed by atoms with Gasteiger partial charge in [-0.25, -0.2) is 4.39 Å². The van der Waals surface area contributed by atoms with Gasteiger partial charge in [0.1, 0.15) is 5.82 Å². The lowest BCUT2D eigenvalue weighted by Crippen LogP contribution is -2.37. The van der Waals surface area contributed by atoms with Crippen molar-refractivity contribution < 1.29 is 23.9 Å². The molecule has 2 amide bonds. The molecule has 1 unspecified atom stereocenters. The van der Waals surface area contributed by atoms with Crippen LogP contribution in [0.4, 0.5) is 15.8 Å². The number of halogens is 1. The topological polar surface area (TPSA) is 122 Å². The molecule has 1 aromatic carbocycles. The molecule has 0 aromatic heterocycles. The summed E-state index contributed by atoms with van der Waals surface area (Å²) in [4.78, 5) is 32.9. The number of carboxylic acid groups (broad SMARTS) is 1. The Morgan fingerprint density at radius 3 is 2.55 bits per heavy atom. The number of amides is 2. The van der Waals surface area contributed by atoms with E-state index in [9.17, 15) is 18.8 Å². The number of benzene rings is 1. The zero-order valence-corrected chi connectivity index (χ0v) is 10.6. The van der Waals surface area contributed by atoms with E-state index < -0.39 is 30.2 Å². The van der Waals surface area contributed by atoms with Gasteiger partial charge in [-0.15, -0.1) is 0 Å². The minimum atomic E-state index is -1.30. The number of hydrogen-bond donors (Lipinski definition) is 4. The van der Waals surface area contributed by atoms with Crippen molar-refractivity contribution in [1.29, 1.82) is 0 Å². The number of hydrogen-bond acceptors (Lipinski definition) is 4. The van der Waals surface area contributed by atoms with E-state index in [2.05, 4.69) is 10.6 Å². The molecule has 0 bridgehead atoms. The first-order chi connectivity index (χ1) is 9.29. The lowest BCUT2D eigenvalue weighted by Gasteiger charge is -2.12. The predicted molar refractivity (Wildman–Crippen MR) is 69.6 cm³/mol. The Morgan fingerprint density at radius 2 is 2.00 bits per heavy atom. The normalized spacial score (nSPS) is 11.6. The third-order valence-electron chi connectivity index (χ3n) is 2.28. The number of anilines is 2. The third kappa shape index (κ3) is 4.65. The van der Waals surface area contributed by atoms with E-state index in [4.69, 9.17) is 10.8 Å². The molecule has 0 radical (unpaired) electrons. The summed E-state index contributed by atoms with van der Waals surface area (Å²) in [6, 6.07) is 2.30. The molecule has 0 heterocycles. The number of nitrogens with one attached hydrogen (secondary N) is 2. The van der Waals surface area contributed by atoms with Crippen molar-refractivity contribution in [1.82, 2.24) is 0 Å². The van der Waals surface area contributed by atoms with Gasteiger partial charge in [0, 0.05) is 12.6 Å². The van der Waals surface area contributed by atoms with E-state index >= 15 is 0 Å². The summed E-state index contributed by atoms with van der Waals surface area (Å²) in [6.45, 7) is 1.28. The monoisotopic (exact) mass is 283 g/mol. The molecule has 0 fully saturated rings. The first kappa shape index (κ1) is 15.6. The molecule has 0 spiro atoms. The minimum Gasteiger partial charge on any atom is -0.481 e. The van der Waals surface area contributed by atoms with Crippen LogP contribution in [0.5, 0.6) is 0 Å². The summed E-state index contributed by atoms with van der Waals surface area (Å²) < 4.78 is 13.5. The molecule has 0 saturated carbocycles. The molecule has 108 valence electrons. The number of carbonyl (C=O) groups excluding carboxylic acids is 2. The Morgan fingerprint density at radius 1 is 1.35 bits per heavy atom. The minimum absolute atomic E-state index is 0.193. The van der Waals surface area contributed by atoms with Gasteiger partial charge < -0.3 is 21.5 Å². The van der Waals surface area contributed by atoms with Gasteiger partial charge in [0.05, 0.1) is 18.2 Å². The highest BCUT2D eigenvalue weighted by molar-refractivity contribution is 5.97. The van der Waals surface area contributed by atoms with Gasteiger partial charge in [-0.2, -0.15) is 0 Å². The molecule has 1 aromatic rings. The van der Waals surface area contributed by atoms with Gasteiger partial charge in [-0.1, -0.05) is 0 Å². The first-order valence-corrected chi connectivity index (χ1v) is 5.65. The van der Waals surface area contributed by atoms with Gasteiger partial charge in [-0.05, 0) is 18.2 Å². The Balaban J connectivity index is 2.83. The fraction of sp³-hybridized carbons (Fsp3) is 0.250. The molecule has 7 nitrogen and oxygen atoms in total. The average Bonchev–Trinajstić information content (AvgIpc) is 2.31. The predicted octanol–water partition coefficient (Wildman–Crippen LogP) is 0.525. The SMILES string of the molecule is CC(=O)Nc1ccc(F)c(NC(=O)C(N)CC(=O)O)c1. The van der Waals surface area contributed by atoms with E-state index in [0.717, 1.165) is 6.07 Å². The van der Waals surface area contributed by atoms with E-state index in [1.807, 2.05) is 0 Å². The molecule has 20 heavy (non-hydrogen) atoms. The first-order valence-electron chi connectivity index (χ1n) is 5.65. The molecule has 1 rings (SSSR count). The second-order valence-electron chi connectivity index (χ2n) is 4.07. The van der Waals surface area contributed by atoms with Gasteiger partial charge >= 0.3 is 5.97 Å². The van der Waals surface area contributed by atoms with Crippen LogP contribution in [0.25, 0.3) is 0 Å². The highest BCUT2D eigenvalue weighted by Crippen LogP contribution is 2.19. The highest BCUT2D eigenvalue weighted by Gasteiger charge is 2.18. The fourth-order valence-electron chi connectivity index (χ4n) is 1.41. The standard InChI is InChI=1S/C12H14FN3O4/c1-6(17)15-7-2-3-8(13)10(4-7)16-12(20)9(14)5-11(18)19/h2-4,9H,5,14H2,1H3,(H,15,17)(H,16,20)(H,18,19). The maximum absolute atomic E-state index is 13.5. The summed E-state index contributed by atoms with van der Waals surface area (Å²) >= 11 is 0. The summed E-state index contributed by atoms with van der Waals surface area (Å²) in [5, 5.41) is 13.1. The van der Waals surface area contributed by atoms with Gasteiger partial charge in [-0.3, -0.25) is 14.4 Å². The van der Waals surface area contributed by atoms with E-state index in [1.54, 1.807) is 0 Å². The molecular formula is C12H14FN3O4. The number of carboxylic acids is 1. The van der Waals surface area contributed by atoms with E-state index in [0.29, 0.717) is 5.69 Å². The Kier molecular flexibility index (Phi) is 5.15. The van der Waals surface area contributed by atoms with Crippen molar-refractivity contribution in [3.63, 3.8) is 0 Å². The molecule has 0 aliphatic carbocycles. The number of aliphatic carboxylic acids is 1. The van der Waals surface area contributed by atoms with Gasteiger partial charge in [0.25, 0.3) is 0 Å². The van der Waals surface area contributed by atoms with Crippen LogP contribution in [0.1, 0.15) is 13.3 Å². The Labute approximate surface area is 114 Å². The maximum Gasteiger partial charge on any atom is 0.305 e. The number of carbonyl (C=O) groups is 3. The second kappa shape index (κ2) is 6.62. The lowest BCUT2D eigenvalue weighted by molar-refractivity contribution is -0.138. The van der Waals surface area contributed by atoms with E-state index in [1.165, 1.54) is 19.1 Å². The van der Waals surface area contributed by atoms with Crippen LogP contribution in [0.3, 0.4) is 0 Å². The van der Waals surface area contributed by atoms with Crippen molar-refractivity contribution in [3.8, 4) is 0 Å². The third-order valence-corrected chi connectivity index (χ3v) is 2.28. The zero-order valence-electron chi connectivity index (χ0n) is 10.6. The highest BCUT2D eigenvalue weighted by atomic mass is 19.1. The van der Waals surface area contributed by atoms with Crippen LogP contribution in [-0.2, 0) is 14.4 Å². The average molecular weight is 283 g/mol. The Bertz CT molecular complexity index is 548. The molecular weight excluding hydrogens is 269 g/mol. The summed E-state index contributed by atoms with van der Waals surface area (Å²) in [5.74, 6) is -3.14. The van der Waals surface area contributed by atoms with Crippen LogP contribution in [0.2, 0.25) is 0 Å². The molecule has 0 aliphatic rings. The van der Waals surface area contributed by atoms with Crippen molar-refractivity contribution in [3.05, 3.63) is 24.0 Å². The number of rotatable bonds is 5. The van der Waals surface area contributed by atoms with Crippen LogP contribution in [0, 0.1) is 5.82 Å².